The van der Waals surface area contributed by atoms with Gasteiger partial charge in [0, 0.05) is 12.5 Å². The molecular weight excluding hydrogens is 208 g/mol. The van der Waals surface area contributed by atoms with Gasteiger partial charge in [-0.2, -0.15) is 0 Å². The lowest BCUT2D eigenvalue weighted by atomic mass is 9.88. The van der Waals surface area contributed by atoms with E-state index in [-0.39, 0.29) is 16.4 Å². The van der Waals surface area contributed by atoms with E-state index in [4.69, 9.17) is 16.3 Å². The Labute approximate surface area is 101 Å². The molecule has 0 radical (unpaired) electrons. The number of methoxy groups -OCH3 is 1. The summed E-state index contributed by atoms with van der Waals surface area (Å²) < 4.78 is 5.38. The minimum absolute atomic E-state index is 0.0174. The number of alkyl halides is 1. The molecule has 1 nitrogen and oxygen atoms in total. The third-order valence-electron chi connectivity index (χ3n) is 2.98. The molecule has 0 amide bonds. The van der Waals surface area contributed by atoms with Crippen LogP contribution in [0.3, 0.4) is 0 Å². The van der Waals surface area contributed by atoms with E-state index >= 15 is 0 Å². The summed E-state index contributed by atoms with van der Waals surface area (Å²) in [6, 6.07) is 0. The molecule has 0 rings (SSSR count). The van der Waals surface area contributed by atoms with E-state index in [2.05, 4.69) is 34.6 Å². The summed E-state index contributed by atoms with van der Waals surface area (Å²) in [5.74, 6) is 0. The van der Waals surface area contributed by atoms with Crippen LogP contribution in [0.4, 0.5) is 0 Å². The zero-order valence-electron chi connectivity index (χ0n) is 11.2. The quantitative estimate of drug-likeness (QED) is 0.481. The van der Waals surface area contributed by atoms with Gasteiger partial charge in [0.1, 0.15) is 0 Å². The Morgan fingerprint density at radius 2 is 1.60 bits per heavy atom. The molecule has 0 aromatic rings. The van der Waals surface area contributed by atoms with Crippen molar-refractivity contribution in [3.63, 3.8) is 0 Å². The fraction of sp³-hybridized carbons (Fsp3) is 1.00. The van der Waals surface area contributed by atoms with Crippen LogP contribution in [0.15, 0.2) is 0 Å². The average Bonchev–Trinajstić information content (AvgIpc) is 2.10. The highest BCUT2D eigenvalue weighted by molar-refractivity contribution is 6.21. The number of hydrogen-bond acceptors (Lipinski definition) is 1. The van der Waals surface area contributed by atoms with E-state index < -0.39 is 0 Å². The Bertz CT molecular complexity index is 170. The second-order valence-electron chi connectivity index (χ2n) is 6.04. The molecule has 0 aromatic heterocycles. The van der Waals surface area contributed by atoms with E-state index in [1.54, 1.807) is 7.11 Å². The maximum atomic E-state index is 6.31. The van der Waals surface area contributed by atoms with Crippen LogP contribution in [0.2, 0.25) is 0 Å². The fourth-order valence-electron chi connectivity index (χ4n) is 1.41. The largest absolute Gasteiger partial charge is 0.379 e. The molecule has 0 spiro atoms. The molecule has 0 aliphatic rings. The SMILES string of the molecule is COC(C)(C)CCCCC(Cl)C(C)(C)C. The predicted octanol–water partition coefficient (Wildman–Crippen LogP) is 4.63. The second-order valence-corrected chi connectivity index (χ2v) is 6.57. The van der Waals surface area contributed by atoms with Crippen molar-refractivity contribution < 1.29 is 4.74 Å². The van der Waals surface area contributed by atoms with Gasteiger partial charge in [0.2, 0.25) is 0 Å². The highest BCUT2D eigenvalue weighted by Crippen LogP contribution is 2.29. The van der Waals surface area contributed by atoms with Gasteiger partial charge in [-0.05, 0) is 32.1 Å². The van der Waals surface area contributed by atoms with Gasteiger partial charge >= 0.3 is 0 Å². The smallest absolute Gasteiger partial charge is 0.0622 e. The van der Waals surface area contributed by atoms with Gasteiger partial charge in [-0.3, -0.25) is 0 Å². The lowest BCUT2D eigenvalue weighted by Gasteiger charge is -2.26. The van der Waals surface area contributed by atoms with E-state index in [9.17, 15) is 0 Å². The molecule has 0 heterocycles. The molecule has 1 unspecified atom stereocenters. The first kappa shape index (κ1) is 15.2. The molecule has 0 aliphatic heterocycles. The highest BCUT2D eigenvalue weighted by Gasteiger charge is 2.22. The lowest BCUT2D eigenvalue weighted by molar-refractivity contribution is 0.0133. The first-order chi connectivity index (χ1) is 6.69. The first-order valence-corrected chi connectivity index (χ1v) is 6.32. The molecule has 0 aromatic carbocycles. The highest BCUT2D eigenvalue weighted by atomic mass is 35.5. The molecule has 0 N–H and O–H groups in total. The Kier molecular flexibility index (Phi) is 6.20. The average molecular weight is 235 g/mol. The van der Waals surface area contributed by atoms with E-state index in [0.717, 1.165) is 12.8 Å². The monoisotopic (exact) mass is 234 g/mol. The summed E-state index contributed by atoms with van der Waals surface area (Å²) >= 11 is 6.31. The van der Waals surface area contributed by atoms with Gasteiger partial charge in [0.25, 0.3) is 0 Å². The topological polar surface area (TPSA) is 9.23 Å². The number of ether oxygens (including phenoxy) is 1. The molecule has 1 atom stereocenters. The van der Waals surface area contributed by atoms with Crippen LogP contribution in [0, 0.1) is 5.41 Å². The normalized spacial score (nSPS) is 15.4. The van der Waals surface area contributed by atoms with E-state index in [0.29, 0.717) is 0 Å². The first-order valence-electron chi connectivity index (χ1n) is 5.88. The third kappa shape index (κ3) is 7.19. The van der Waals surface area contributed by atoms with Crippen LogP contribution in [-0.2, 0) is 4.74 Å². The number of rotatable bonds is 6. The molecule has 0 aliphatic carbocycles. The Hall–Kier alpha value is 0.250. The third-order valence-corrected chi connectivity index (χ3v) is 3.85. The summed E-state index contributed by atoms with van der Waals surface area (Å²) in [5.41, 5.74) is 0.238. The Morgan fingerprint density at radius 1 is 1.07 bits per heavy atom. The summed E-state index contributed by atoms with van der Waals surface area (Å²) in [6.45, 7) is 10.9. The van der Waals surface area contributed by atoms with Crippen molar-refractivity contribution in [2.24, 2.45) is 5.41 Å². The standard InChI is InChI=1S/C13H27ClO/c1-12(2,3)11(14)9-7-8-10-13(4,5)15-6/h11H,7-10H2,1-6H3. The molecule has 0 saturated carbocycles. The Balaban J connectivity index is 3.64. The van der Waals surface area contributed by atoms with Crippen molar-refractivity contribution in [3.8, 4) is 0 Å². The molecule has 0 fully saturated rings. The number of unbranched alkanes of at least 4 members (excludes halogenated alkanes) is 1. The summed E-state index contributed by atoms with van der Waals surface area (Å²) in [7, 11) is 1.78. The van der Waals surface area contributed by atoms with Crippen molar-refractivity contribution in [2.45, 2.75) is 71.3 Å². The Morgan fingerprint density at radius 3 is 2.00 bits per heavy atom. The van der Waals surface area contributed by atoms with Crippen LogP contribution in [0.5, 0.6) is 0 Å². The maximum absolute atomic E-state index is 6.31. The number of halogens is 1. The lowest BCUT2D eigenvalue weighted by Crippen LogP contribution is -2.23. The molecule has 2 heteroatoms. The summed E-state index contributed by atoms with van der Waals surface area (Å²) in [4.78, 5) is 0. The van der Waals surface area contributed by atoms with Gasteiger partial charge in [-0.15, -0.1) is 11.6 Å². The van der Waals surface area contributed by atoms with E-state index in [1.807, 2.05) is 0 Å². The van der Waals surface area contributed by atoms with Crippen LogP contribution in [-0.4, -0.2) is 18.1 Å². The molecular formula is C13H27ClO. The summed E-state index contributed by atoms with van der Waals surface area (Å²) in [5, 5.41) is 0.281. The van der Waals surface area contributed by atoms with Gasteiger partial charge < -0.3 is 4.74 Å². The van der Waals surface area contributed by atoms with Crippen molar-refractivity contribution in [2.75, 3.05) is 7.11 Å². The van der Waals surface area contributed by atoms with Crippen LogP contribution in [0.25, 0.3) is 0 Å². The maximum Gasteiger partial charge on any atom is 0.0622 e. The van der Waals surface area contributed by atoms with Crippen molar-refractivity contribution >= 4 is 11.6 Å². The van der Waals surface area contributed by atoms with Crippen LogP contribution in [0.1, 0.15) is 60.3 Å². The molecule has 0 saturated heterocycles. The molecule has 92 valence electrons. The van der Waals surface area contributed by atoms with Crippen molar-refractivity contribution in [3.05, 3.63) is 0 Å². The van der Waals surface area contributed by atoms with Gasteiger partial charge in [0.15, 0.2) is 0 Å². The second kappa shape index (κ2) is 6.10. The summed E-state index contributed by atoms with van der Waals surface area (Å²) in [6.07, 6.45) is 4.60. The van der Waals surface area contributed by atoms with E-state index in [1.165, 1.54) is 12.8 Å². The predicted molar refractivity (Wildman–Crippen MR) is 68.7 cm³/mol. The molecule has 15 heavy (non-hydrogen) atoms. The number of hydrogen-bond donors (Lipinski definition) is 0. The minimum atomic E-state index is 0.0174. The van der Waals surface area contributed by atoms with Crippen LogP contribution < -0.4 is 0 Å². The van der Waals surface area contributed by atoms with Gasteiger partial charge in [-0.1, -0.05) is 33.6 Å². The van der Waals surface area contributed by atoms with Crippen molar-refractivity contribution in [1.29, 1.82) is 0 Å². The minimum Gasteiger partial charge on any atom is -0.379 e. The zero-order chi connectivity index (χ0) is 12.1. The molecule has 0 bridgehead atoms. The van der Waals surface area contributed by atoms with Gasteiger partial charge in [0.05, 0.1) is 5.60 Å². The van der Waals surface area contributed by atoms with Crippen LogP contribution >= 0.6 is 11.6 Å². The fourth-order valence-corrected chi connectivity index (χ4v) is 1.56. The van der Waals surface area contributed by atoms with Gasteiger partial charge in [-0.25, -0.2) is 0 Å². The zero-order valence-corrected chi connectivity index (χ0v) is 11.9. The van der Waals surface area contributed by atoms with Crippen molar-refractivity contribution in [1.82, 2.24) is 0 Å².